The van der Waals surface area contributed by atoms with Crippen LogP contribution in [0.3, 0.4) is 0 Å². The molecule has 7 nitrogen and oxygen atoms in total. The normalized spacial score (nSPS) is 14.6. The first-order valence-electron chi connectivity index (χ1n) is 13.3. The number of esters is 2. The molecular weight excluding hydrogens is 541 g/mol. The van der Waals surface area contributed by atoms with Crippen molar-refractivity contribution in [3.8, 4) is 0 Å². The summed E-state index contributed by atoms with van der Waals surface area (Å²) >= 11 is 5.62. The number of carbonyl (C=O) groups excluding carboxylic acids is 2. The minimum absolute atomic E-state index is 0.0698. The first-order valence-corrected chi connectivity index (χ1v) is 15.6. The van der Waals surface area contributed by atoms with Crippen molar-refractivity contribution in [2.45, 2.75) is 38.0 Å². The number of benzene rings is 3. The summed E-state index contributed by atoms with van der Waals surface area (Å²) in [5.41, 5.74) is 0.507. The van der Waals surface area contributed by atoms with Crippen molar-refractivity contribution in [3.63, 3.8) is 0 Å². The molecule has 0 aliphatic carbocycles. The molecule has 0 amide bonds. The van der Waals surface area contributed by atoms with Gasteiger partial charge in [0.2, 0.25) is 0 Å². The summed E-state index contributed by atoms with van der Waals surface area (Å²) in [6, 6.07) is 28.5. The number of nitrogens with one attached hydrogen (secondary N) is 1. The van der Waals surface area contributed by atoms with Gasteiger partial charge in [0.15, 0.2) is 5.11 Å². The van der Waals surface area contributed by atoms with Crippen molar-refractivity contribution >= 4 is 48.0 Å². The Morgan fingerprint density at radius 2 is 1.43 bits per heavy atom. The molecular formula is C31H36N2O5SSi. The molecule has 1 N–H and O–H groups in total. The van der Waals surface area contributed by atoms with E-state index >= 15 is 0 Å². The van der Waals surface area contributed by atoms with Crippen molar-refractivity contribution in [2.75, 3.05) is 26.8 Å². The first kappa shape index (κ1) is 29.4. The number of hydrogen-bond acceptors (Lipinski definition) is 6. The molecule has 9 heteroatoms. The maximum atomic E-state index is 12.9. The van der Waals surface area contributed by atoms with Crippen LogP contribution in [0.2, 0.25) is 5.04 Å². The molecule has 1 saturated heterocycles. The zero-order chi connectivity index (χ0) is 28.8. The maximum absolute atomic E-state index is 12.9. The Hall–Kier alpha value is -3.53. The van der Waals surface area contributed by atoms with Crippen LogP contribution in [0.15, 0.2) is 91.0 Å². The summed E-state index contributed by atoms with van der Waals surface area (Å²) < 4.78 is 17.6. The fourth-order valence-electron chi connectivity index (χ4n) is 4.99. The van der Waals surface area contributed by atoms with Crippen LogP contribution in [-0.4, -0.2) is 69.2 Å². The highest BCUT2D eigenvalue weighted by atomic mass is 32.1. The Morgan fingerprint density at radius 3 is 1.90 bits per heavy atom. The number of nitrogens with zero attached hydrogens (tertiary/aromatic N) is 1. The lowest BCUT2D eigenvalue weighted by molar-refractivity contribution is -0.143. The topological polar surface area (TPSA) is 77.1 Å². The van der Waals surface area contributed by atoms with Crippen LogP contribution in [0.4, 0.5) is 0 Å². The van der Waals surface area contributed by atoms with E-state index in [1.807, 2.05) is 47.4 Å². The smallest absolute Gasteiger partial charge is 0.338 e. The van der Waals surface area contributed by atoms with Gasteiger partial charge in [-0.2, -0.15) is 0 Å². The van der Waals surface area contributed by atoms with Crippen LogP contribution in [0, 0.1) is 0 Å². The fourth-order valence-corrected chi connectivity index (χ4v) is 9.86. The molecule has 0 bridgehead atoms. The maximum Gasteiger partial charge on any atom is 0.338 e. The van der Waals surface area contributed by atoms with Crippen LogP contribution in [0.1, 0.15) is 31.1 Å². The van der Waals surface area contributed by atoms with E-state index in [-0.39, 0.29) is 23.7 Å². The molecule has 1 heterocycles. The zero-order valence-corrected chi connectivity index (χ0v) is 25.1. The molecule has 1 aliphatic rings. The minimum atomic E-state index is -2.87. The van der Waals surface area contributed by atoms with Gasteiger partial charge in [-0.15, -0.1) is 0 Å². The summed E-state index contributed by atoms with van der Waals surface area (Å²) in [6.07, 6.45) is -0.280. The molecule has 3 aromatic carbocycles. The summed E-state index contributed by atoms with van der Waals surface area (Å²) in [4.78, 5) is 27.1. The largest absolute Gasteiger partial charge is 0.467 e. The van der Waals surface area contributed by atoms with Crippen molar-refractivity contribution in [2.24, 2.45) is 0 Å². The third-order valence-electron chi connectivity index (χ3n) is 7.09. The van der Waals surface area contributed by atoms with Gasteiger partial charge in [0, 0.05) is 0 Å². The lowest BCUT2D eigenvalue weighted by Gasteiger charge is -2.44. The summed E-state index contributed by atoms with van der Waals surface area (Å²) in [7, 11) is -1.51. The average molecular weight is 577 g/mol. The molecule has 1 atom stereocenters. The second kappa shape index (κ2) is 12.8. The quantitative estimate of drug-likeness (QED) is 0.236. The van der Waals surface area contributed by atoms with Crippen LogP contribution >= 0.6 is 12.2 Å². The molecule has 0 radical (unpaired) electrons. The molecule has 1 aliphatic heterocycles. The van der Waals surface area contributed by atoms with Crippen LogP contribution in [-0.2, 0) is 18.7 Å². The van der Waals surface area contributed by atoms with Gasteiger partial charge in [-0.1, -0.05) is 99.6 Å². The number of thiocarbonyl (C=S) groups is 1. The highest BCUT2D eigenvalue weighted by Gasteiger charge is 2.50. The van der Waals surface area contributed by atoms with Gasteiger partial charge in [-0.3, -0.25) is 0 Å². The van der Waals surface area contributed by atoms with Gasteiger partial charge in [0.25, 0.3) is 8.32 Å². The molecule has 4 rings (SSSR count). The molecule has 210 valence electrons. The van der Waals surface area contributed by atoms with Crippen molar-refractivity contribution < 1.29 is 23.5 Å². The van der Waals surface area contributed by atoms with E-state index in [4.69, 9.17) is 26.1 Å². The monoisotopic (exact) mass is 576 g/mol. The molecule has 40 heavy (non-hydrogen) atoms. The van der Waals surface area contributed by atoms with Gasteiger partial charge in [-0.25, -0.2) is 9.59 Å². The second-order valence-corrected chi connectivity index (χ2v) is 15.5. The van der Waals surface area contributed by atoms with Crippen molar-refractivity contribution in [1.29, 1.82) is 0 Å². The van der Waals surface area contributed by atoms with E-state index in [2.05, 4.69) is 50.4 Å². The first-order chi connectivity index (χ1) is 19.2. The van der Waals surface area contributed by atoms with E-state index in [0.29, 0.717) is 23.8 Å². The van der Waals surface area contributed by atoms with E-state index in [0.717, 1.165) is 10.4 Å². The van der Waals surface area contributed by atoms with Crippen LogP contribution in [0.5, 0.6) is 0 Å². The Labute approximate surface area is 242 Å². The Bertz CT molecular complexity index is 1260. The number of likely N-dealkylation sites (tertiary alicyclic amines) is 1. The van der Waals surface area contributed by atoms with E-state index < -0.39 is 20.3 Å². The molecule has 0 saturated carbocycles. The van der Waals surface area contributed by atoms with Gasteiger partial charge < -0.3 is 24.1 Å². The third kappa shape index (κ3) is 6.43. The minimum Gasteiger partial charge on any atom is -0.467 e. The SMILES string of the molecule is COC(=O)C(CO[Si](c1ccccc1)(c1ccccc1)C(C)(C)C)NC(=S)N1CC(OC(=O)c2ccccc2)C1. The van der Waals surface area contributed by atoms with Gasteiger partial charge in [0.1, 0.15) is 12.1 Å². The van der Waals surface area contributed by atoms with Gasteiger partial charge in [0.05, 0.1) is 32.4 Å². The number of carbonyl (C=O) groups is 2. The number of rotatable bonds is 9. The molecule has 3 aromatic rings. The predicted octanol–water partition coefficient (Wildman–Crippen LogP) is 3.52. The highest BCUT2D eigenvalue weighted by Crippen LogP contribution is 2.36. The standard InChI is InChI=1S/C31H36N2O5SSi/c1-31(2,3)40(25-16-10-6-11-17-25,26-18-12-7-13-19-26)37-22-27(29(35)36-4)32-30(39)33-20-24(21-33)38-28(34)23-14-8-5-9-15-23/h5-19,24,27H,20-22H2,1-4H3,(H,32,39). The highest BCUT2D eigenvalue weighted by molar-refractivity contribution is 7.80. The van der Waals surface area contributed by atoms with Crippen molar-refractivity contribution in [1.82, 2.24) is 10.2 Å². The summed E-state index contributed by atoms with van der Waals surface area (Å²) in [6.45, 7) is 7.49. The third-order valence-corrected chi connectivity index (χ3v) is 12.5. The summed E-state index contributed by atoms with van der Waals surface area (Å²) in [5.74, 6) is -0.830. The molecule has 1 unspecified atom stereocenters. The van der Waals surface area contributed by atoms with Gasteiger partial charge in [-0.05, 0) is 39.8 Å². The second-order valence-electron chi connectivity index (χ2n) is 10.8. The number of methoxy groups -OCH3 is 1. The Balaban J connectivity index is 1.47. The lowest BCUT2D eigenvalue weighted by atomic mass is 10.1. The average Bonchev–Trinajstić information content (AvgIpc) is 2.94. The predicted molar refractivity (Wildman–Crippen MR) is 162 cm³/mol. The number of ether oxygens (including phenoxy) is 2. The van der Waals surface area contributed by atoms with Gasteiger partial charge >= 0.3 is 11.9 Å². The van der Waals surface area contributed by atoms with E-state index in [1.165, 1.54) is 7.11 Å². The molecule has 0 spiro atoms. The fraction of sp³-hybridized carbons (Fsp3) is 0.323. The Kier molecular flexibility index (Phi) is 9.39. The number of hydrogen-bond donors (Lipinski definition) is 1. The van der Waals surface area contributed by atoms with E-state index in [1.54, 1.807) is 24.3 Å². The molecule has 0 aromatic heterocycles. The van der Waals surface area contributed by atoms with Crippen LogP contribution in [0.25, 0.3) is 0 Å². The Morgan fingerprint density at radius 1 is 0.925 bits per heavy atom. The van der Waals surface area contributed by atoms with E-state index in [9.17, 15) is 9.59 Å². The zero-order valence-electron chi connectivity index (χ0n) is 23.3. The summed E-state index contributed by atoms with van der Waals surface area (Å²) in [5, 5.41) is 5.51. The van der Waals surface area contributed by atoms with Crippen LogP contribution < -0.4 is 15.7 Å². The lowest BCUT2D eigenvalue weighted by Crippen LogP contribution is -2.68. The van der Waals surface area contributed by atoms with Crippen molar-refractivity contribution in [3.05, 3.63) is 96.6 Å². The molecule has 1 fully saturated rings.